The lowest BCUT2D eigenvalue weighted by atomic mass is 10.1. The van der Waals surface area contributed by atoms with E-state index >= 15 is 0 Å². The van der Waals surface area contributed by atoms with E-state index in [4.69, 9.17) is 23.2 Å². The molecule has 8 heteroatoms. The second-order valence-electron chi connectivity index (χ2n) is 7.79. The Balaban J connectivity index is 1.57. The van der Waals surface area contributed by atoms with Crippen LogP contribution in [-0.2, 0) is 12.3 Å². The Hall–Kier alpha value is -2.28. The van der Waals surface area contributed by atoms with E-state index in [0.717, 1.165) is 34.9 Å². The molecule has 0 saturated carbocycles. The summed E-state index contributed by atoms with van der Waals surface area (Å²) in [5.41, 5.74) is 2.81. The van der Waals surface area contributed by atoms with E-state index in [2.05, 4.69) is 16.8 Å². The number of aromatic nitrogens is 3. The molecule has 1 aliphatic rings. The van der Waals surface area contributed by atoms with Crippen molar-refractivity contribution in [1.82, 2.24) is 19.7 Å². The summed E-state index contributed by atoms with van der Waals surface area (Å²) in [6.07, 6.45) is 3.62. The van der Waals surface area contributed by atoms with Crippen LogP contribution < -0.4 is 0 Å². The number of amides is 1. The number of hydrogen-bond acceptors (Lipinski definition) is 4. The molecule has 2 aromatic carbocycles. The normalized spacial score (nSPS) is 15.8. The Morgan fingerprint density at radius 1 is 1.22 bits per heavy atom. The summed E-state index contributed by atoms with van der Waals surface area (Å²) >= 11 is 13.9. The third-order valence-corrected chi connectivity index (χ3v) is 7.14. The van der Waals surface area contributed by atoms with Crippen molar-refractivity contribution in [3.63, 3.8) is 0 Å². The van der Waals surface area contributed by atoms with E-state index < -0.39 is 0 Å². The number of carbonyl (C=O) groups excluding carboxylic acids is 1. The topological polar surface area (TPSA) is 51.0 Å². The quantitative estimate of drug-likeness (QED) is 0.288. The number of hydrogen-bond donors (Lipinski definition) is 0. The van der Waals surface area contributed by atoms with Gasteiger partial charge in [0.25, 0.3) is 5.91 Å². The summed E-state index contributed by atoms with van der Waals surface area (Å²) in [5, 5.41) is 11.0. The summed E-state index contributed by atoms with van der Waals surface area (Å²) in [6, 6.07) is 13.1. The first-order chi connectivity index (χ1) is 15.5. The van der Waals surface area contributed by atoms with Crippen molar-refractivity contribution < 1.29 is 4.79 Å². The van der Waals surface area contributed by atoms with Crippen LogP contribution >= 0.6 is 35.0 Å². The largest absolute Gasteiger partial charge is 0.328 e. The molecule has 1 saturated heterocycles. The van der Waals surface area contributed by atoms with Crippen molar-refractivity contribution in [1.29, 1.82) is 0 Å². The fraction of sp³-hybridized carbons (Fsp3) is 0.292. The third-order valence-electron chi connectivity index (χ3n) is 5.54. The molecule has 1 aromatic heterocycles. The molecule has 5 nitrogen and oxygen atoms in total. The fourth-order valence-electron chi connectivity index (χ4n) is 3.88. The first-order valence-corrected chi connectivity index (χ1v) is 12.2. The number of aryl methyl sites for hydroxylation is 1. The average molecular weight is 487 g/mol. The van der Waals surface area contributed by atoms with Gasteiger partial charge in [-0.25, -0.2) is 0 Å². The number of thioether (sulfide) groups is 1. The molecular formula is C24H24Cl2N4OS. The minimum atomic E-state index is -0.107. The minimum Gasteiger partial charge on any atom is -0.328 e. The van der Waals surface area contributed by atoms with Gasteiger partial charge in [0.2, 0.25) is 0 Å². The van der Waals surface area contributed by atoms with Crippen LogP contribution in [0.4, 0.5) is 0 Å². The van der Waals surface area contributed by atoms with Crippen LogP contribution in [0.25, 0.3) is 0 Å². The van der Waals surface area contributed by atoms with Gasteiger partial charge >= 0.3 is 0 Å². The van der Waals surface area contributed by atoms with E-state index in [1.807, 2.05) is 58.9 Å². The van der Waals surface area contributed by atoms with Gasteiger partial charge in [-0.3, -0.25) is 4.79 Å². The Kier molecular flexibility index (Phi) is 7.23. The van der Waals surface area contributed by atoms with Gasteiger partial charge in [0, 0.05) is 34.5 Å². The van der Waals surface area contributed by atoms with Gasteiger partial charge < -0.3 is 9.47 Å². The summed E-state index contributed by atoms with van der Waals surface area (Å²) in [5.74, 6) is 1.47. The summed E-state index contributed by atoms with van der Waals surface area (Å²) in [4.78, 5) is 15.1. The van der Waals surface area contributed by atoms with Crippen LogP contribution in [0.15, 0.2) is 60.3 Å². The van der Waals surface area contributed by atoms with Gasteiger partial charge in [0.05, 0.1) is 6.04 Å². The zero-order chi connectivity index (χ0) is 22.7. The lowest BCUT2D eigenvalue weighted by molar-refractivity contribution is 0.0727. The van der Waals surface area contributed by atoms with Gasteiger partial charge in [-0.1, -0.05) is 64.8 Å². The zero-order valence-corrected chi connectivity index (χ0v) is 20.1. The van der Waals surface area contributed by atoms with Crippen LogP contribution in [0, 0.1) is 6.92 Å². The SMILES string of the molecule is C=CCn1c(SCc2ccc(Cl)cc2Cl)nnc1C1CCCN1C(=O)c1ccc(C)cc1. The number of likely N-dealkylation sites (tertiary alicyclic amines) is 1. The molecule has 166 valence electrons. The molecule has 0 radical (unpaired) electrons. The second-order valence-corrected chi connectivity index (χ2v) is 9.57. The smallest absolute Gasteiger partial charge is 0.254 e. The third kappa shape index (κ3) is 4.87. The maximum Gasteiger partial charge on any atom is 0.254 e. The maximum absolute atomic E-state index is 13.2. The Morgan fingerprint density at radius 3 is 2.72 bits per heavy atom. The van der Waals surface area contributed by atoms with Crippen LogP contribution in [0.2, 0.25) is 10.0 Å². The van der Waals surface area contributed by atoms with Crippen molar-refractivity contribution >= 4 is 40.9 Å². The number of carbonyl (C=O) groups is 1. The number of halogens is 2. The highest BCUT2D eigenvalue weighted by Gasteiger charge is 2.34. The van der Waals surface area contributed by atoms with Gasteiger partial charge in [-0.05, 0) is 49.6 Å². The molecule has 1 fully saturated rings. The Bertz CT molecular complexity index is 1130. The van der Waals surface area contributed by atoms with E-state index in [0.29, 0.717) is 34.5 Å². The monoisotopic (exact) mass is 486 g/mol. The van der Waals surface area contributed by atoms with Crippen LogP contribution in [0.5, 0.6) is 0 Å². The molecule has 0 N–H and O–H groups in total. The Morgan fingerprint density at radius 2 is 2.00 bits per heavy atom. The predicted molar refractivity (Wildman–Crippen MR) is 130 cm³/mol. The Labute approximate surface area is 202 Å². The van der Waals surface area contributed by atoms with Crippen molar-refractivity contribution in [2.45, 2.75) is 43.3 Å². The highest BCUT2D eigenvalue weighted by Crippen LogP contribution is 2.35. The predicted octanol–water partition coefficient (Wildman–Crippen LogP) is 6.35. The molecule has 1 unspecified atom stereocenters. The van der Waals surface area contributed by atoms with Crippen LogP contribution in [0.3, 0.4) is 0 Å². The molecular weight excluding hydrogens is 463 g/mol. The van der Waals surface area contributed by atoms with Gasteiger partial charge in [0.1, 0.15) is 0 Å². The summed E-state index contributed by atoms with van der Waals surface area (Å²) < 4.78 is 2.05. The van der Waals surface area contributed by atoms with Crippen molar-refractivity contribution in [3.8, 4) is 0 Å². The number of allylic oxidation sites excluding steroid dienone is 1. The molecule has 3 aromatic rings. The highest BCUT2D eigenvalue weighted by atomic mass is 35.5. The number of rotatable bonds is 7. The molecule has 32 heavy (non-hydrogen) atoms. The highest BCUT2D eigenvalue weighted by molar-refractivity contribution is 7.98. The van der Waals surface area contributed by atoms with Crippen molar-refractivity contribution in [3.05, 3.63) is 87.7 Å². The summed E-state index contributed by atoms with van der Waals surface area (Å²) in [7, 11) is 0. The van der Waals surface area contributed by atoms with Gasteiger partial charge in [0.15, 0.2) is 11.0 Å². The molecule has 4 rings (SSSR count). The van der Waals surface area contributed by atoms with Crippen molar-refractivity contribution in [2.75, 3.05) is 6.54 Å². The molecule has 0 bridgehead atoms. The summed E-state index contributed by atoms with van der Waals surface area (Å²) in [6.45, 7) is 7.19. The van der Waals surface area contributed by atoms with E-state index in [1.54, 1.807) is 17.8 Å². The molecule has 1 aliphatic heterocycles. The van der Waals surface area contributed by atoms with Crippen molar-refractivity contribution in [2.24, 2.45) is 0 Å². The van der Waals surface area contributed by atoms with Crippen LogP contribution in [-0.4, -0.2) is 32.1 Å². The molecule has 1 amide bonds. The molecule has 0 spiro atoms. The first-order valence-electron chi connectivity index (χ1n) is 10.5. The van der Waals surface area contributed by atoms with Crippen LogP contribution in [0.1, 0.15) is 46.2 Å². The second kappa shape index (κ2) is 10.1. The standard InChI is InChI=1S/C24H24Cl2N4OS/c1-3-12-30-22(27-28-24(30)32-15-18-10-11-19(25)14-20(18)26)21-5-4-13-29(21)23(31)17-8-6-16(2)7-9-17/h3,6-11,14,21H,1,4-5,12-13,15H2,2H3. The molecule has 2 heterocycles. The van der Waals surface area contributed by atoms with E-state index in [1.165, 1.54) is 0 Å². The van der Waals surface area contributed by atoms with E-state index in [9.17, 15) is 4.79 Å². The lowest BCUT2D eigenvalue weighted by Gasteiger charge is -2.24. The number of benzene rings is 2. The minimum absolute atomic E-state index is 0.0304. The maximum atomic E-state index is 13.2. The zero-order valence-electron chi connectivity index (χ0n) is 17.8. The number of nitrogens with zero attached hydrogens (tertiary/aromatic N) is 4. The first kappa shape index (κ1) is 22.9. The fourth-order valence-corrected chi connectivity index (χ4v) is 5.39. The lowest BCUT2D eigenvalue weighted by Crippen LogP contribution is -2.32. The van der Waals surface area contributed by atoms with E-state index in [-0.39, 0.29) is 11.9 Å². The average Bonchev–Trinajstić information content (AvgIpc) is 3.40. The molecule has 0 aliphatic carbocycles. The molecule has 1 atom stereocenters. The van der Waals surface area contributed by atoms with Gasteiger partial charge in [-0.2, -0.15) is 0 Å². The van der Waals surface area contributed by atoms with Gasteiger partial charge in [-0.15, -0.1) is 16.8 Å².